The third-order valence-electron chi connectivity index (χ3n) is 4.21. The maximum Gasteiger partial charge on any atom is 0.335 e. The van der Waals surface area contributed by atoms with Crippen LogP contribution in [0.3, 0.4) is 0 Å². The second-order valence-corrected chi connectivity index (χ2v) is 5.84. The number of ketones is 1. The lowest BCUT2D eigenvalue weighted by Crippen LogP contribution is -2.23. The van der Waals surface area contributed by atoms with Gasteiger partial charge in [-0.2, -0.15) is 0 Å². The summed E-state index contributed by atoms with van der Waals surface area (Å²) in [5.74, 6) is -1.14. The van der Waals surface area contributed by atoms with Gasteiger partial charge in [-0.25, -0.2) is 9.18 Å². The number of carboxylic acid groups (broad SMARTS) is 1. The van der Waals surface area contributed by atoms with Crippen molar-refractivity contribution in [1.82, 2.24) is 0 Å². The number of carbonyl (C=O) groups is 2. The van der Waals surface area contributed by atoms with E-state index in [4.69, 9.17) is 14.2 Å². The Bertz CT molecular complexity index is 891. The number of Topliss-reactive ketones (excluding diaryl/α,β-unsaturated/α-hetero) is 1. The van der Waals surface area contributed by atoms with Gasteiger partial charge in [0.15, 0.2) is 12.6 Å². The third-order valence-corrected chi connectivity index (χ3v) is 4.21. The monoisotopic (exact) mass is 344 g/mol. The highest BCUT2D eigenvalue weighted by Crippen LogP contribution is 2.41. The van der Waals surface area contributed by atoms with E-state index in [0.29, 0.717) is 16.9 Å². The standard InChI is InChI=1S/C18H13FO6/c19-11-1-2-15-12(5-11)14(20)6-16(25-15)13-4-9(18(21)22)3-10-7-23-8-24-17(10)13/h1-5,16H,6-8H2,(H,21,22)/t16-/m0/s1. The van der Waals surface area contributed by atoms with Crippen LogP contribution in [0.25, 0.3) is 0 Å². The summed E-state index contributed by atoms with van der Waals surface area (Å²) in [7, 11) is 0. The largest absolute Gasteiger partial charge is 0.484 e. The molecule has 0 radical (unpaired) electrons. The van der Waals surface area contributed by atoms with E-state index < -0.39 is 17.9 Å². The fourth-order valence-corrected chi connectivity index (χ4v) is 3.08. The number of halogens is 1. The number of carboxylic acids is 1. The van der Waals surface area contributed by atoms with Crippen LogP contribution >= 0.6 is 0 Å². The SMILES string of the molecule is O=C(O)c1cc2c(c([C@@H]3CC(=O)c4cc(F)ccc4O3)c1)OCOC2. The van der Waals surface area contributed by atoms with E-state index in [1.165, 1.54) is 24.3 Å². The molecule has 1 atom stereocenters. The molecule has 0 amide bonds. The molecule has 2 aromatic carbocycles. The van der Waals surface area contributed by atoms with Crippen LogP contribution in [0.2, 0.25) is 0 Å². The van der Waals surface area contributed by atoms with Gasteiger partial charge in [0.05, 0.1) is 24.2 Å². The Labute approximate surface area is 141 Å². The number of carbonyl (C=O) groups excluding carboxylic acids is 1. The summed E-state index contributed by atoms with van der Waals surface area (Å²) < 4.78 is 29.9. The number of rotatable bonds is 2. The van der Waals surface area contributed by atoms with Crippen molar-refractivity contribution >= 4 is 11.8 Å². The predicted molar refractivity (Wildman–Crippen MR) is 82.4 cm³/mol. The maximum atomic E-state index is 13.3. The van der Waals surface area contributed by atoms with Gasteiger partial charge in [-0.05, 0) is 30.3 Å². The van der Waals surface area contributed by atoms with Gasteiger partial charge in [-0.3, -0.25) is 4.79 Å². The first kappa shape index (κ1) is 15.6. The minimum Gasteiger partial charge on any atom is -0.484 e. The second-order valence-electron chi connectivity index (χ2n) is 5.84. The van der Waals surface area contributed by atoms with E-state index >= 15 is 0 Å². The molecule has 0 saturated carbocycles. The molecule has 4 rings (SSSR count). The Morgan fingerprint density at radius 3 is 2.88 bits per heavy atom. The van der Waals surface area contributed by atoms with Crippen molar-refractivity contribution in [2.45, 2.75) is 19.1 Å². The summed E-state index contributed by atoms with van der Waals surface area (Å²) in [6.45, 7) is 0.251. The summed E-state index contributed by atoms with van der Waals surface area (Å²) in [5.41, 5.74) is 1.30. The summed E-state index contributed by atoms with van der Waals surface area (Å²) in [6, 6.07) is 6.67. The Hall–Kier alpha value is -2.93. The highest BCUT2D eigenvalue weighted by atomic mass is 19.1. The highest BCUT2D eigenvalue weighted by Gasteiger charge is 2.32. The van der Waals surface area contributed by atoms with Crippen molar-refractivity contribution in [2.24, 2.45) is 0 Å². The second kappa shape index (κ2) is 5.86. The number of hydrogen-bond donors (Lipinski definition) is 1. The first-order valence-electron chi connectivity index (χ1n) is 7.63. The number of fused-ring (bicyclic) bond motifs is 2. The van der Waals surface area contributed by atoms with Gasteiger partial charge in [0.1, 0.15) is 23.4 Å². The molecule has 2 aromatic rings. The van der Waals surface area contributed by atoms with Crippen molar-refractivity contribution in [1.29, 1.82) is 0 Å². The average Bonchev–Trinajstić information content (AvgIpc) is 2.61. The average molecular weight is 344 g/mol. The van der Waals surface area contributed by atoms with Crippen LogP contribution in [0.1, 0.15) is 44.4 Å². The molecule has 7 heteroatoms. The normalized spacial score (nSPS) is 18.6. The lowest BCUT2D eigenvalue weighted by Gasteiger charge is -2.29. The van der Waals surface area contributed by atoms with E-state index in [9.17, 15) is 19.1 Å². The highest BCUT2D eigenvalue weighted by molar-refractivity contribution is 6.00. The quantitative estimate of drug-likeness (QED) is 0.901. The fraction of sp³-hybridized carbons (Fsp3) is 0.222. The Morgan fingerprint density at radius 2 is 2.08 bits per heavy atom. The van der Waals surface area contributed by atoms with Crippen molar-refractivity contribution in [3.8, 4) is 11.5 Å². The van der Waals surface area contributed by atoms with Crippen LogP contribution in [-0.2, 0) is 11.3 Å². The zero-order chi connectivity index (χ0) is 17.6. The van der Waals surface area contributed by atoms with Gasteiger partial charge in [0.25, 0.3) is 0 Å². The number of benzene rings is 2. The summed E-state index contributed by atoms with van der Waals surface area (Å²) in [5, 5.41) is 9.32. The minimum atomic E-state index is -1.10. The molecule has 2 aliphatic heterocycles. The lowest BCUT2D eigenvalue weighted by atomic mass is 9.93. The van der Waals surface area contributed by atoms with Gasteiger partial charge in [0.2, 0.25) is 0 Å². The molecule has 6 nitrogen and oxygen atoms in total. The molecule has 0 aliphatic carbocycles. The van der Waals surface area contributed by atoms with Crippen LogP contribution in [0.5, 0.6) is 11.5 Å². The van der Waals surface area contributed by atoms with Crippen LogP contribution in [-0.4, -0.2) is 23.7 Å². The van der Waals surface area contributed by atoms with Gasteiger partial charge in [0, 0.05) is 11.1 Å². The Morgan fingerprint density at radius 1 is 1.24 bits per heavy atom. The van der Waals surface area contributed by atoms with Crippen LogP contribution in [0.15, 0.2) is 30.3 Å². The molecule has 0 spiro atoms. The molecule has 0 fully saturated rings. The zero-order valence-electron chi connectivity index (χ0n) is 13.0. The molecule has 1 N–H and O–H groups in total. The van der Waals surface area contributed by atoms with Crippen molar-refractivity contribution in [3.05, 3.63) is 58.4 Å². The minimum absolute atomic E-state index is 0.0316. The smallest absolute Gasteiger partial charge is 0.335 e. The van der Waals surface area contributed by atoms with Gasteiger partial charge in [-0.15, -0.1) is 0 Å². The molecule has 2 aliphatic rings. The molecule has 0 unspecified atom stereocenters. The maximum absolute atomic E-state index is 13.3. The number of ether oxygens (including phenoxy) is 3. The zero-order valence-corrected chi connectivity index (χ0v) is 13.0. The summed E-state index contributed by atoms with van der Waals surface area (Å²) in [4.78, 5) is 23.8. The van der Waals surface area contributed by atoms with Crippen LogP contribution < -0.4 is 9.47 Å². The van der Waals surface area contributed by atoms with Crippen molar-refractivity contribution in [3.63, 3.8) is 0 Å². The van der Waals surface area contributed by atoms with Gasteiger partial charge >= 0.3 is 5.97 Å². The molecule has 0 saturated heterocycles. The Balaban J connectivity index is 1.79. The first-order chi connectivity index (χ1) is 12.0. The van der Waals surface area contributed by atoms with E-state index in [0.717, 1.165) is 6.07 Å². The molecular formula is C18H13FO6. The molecule has 0 aromatic heterocycles. The number of hydrogen-bond acceptors (Lipinski definition) is 5. The van der Waals surface area contributed by atoms with Gasteiger partial charge < -0.3 is 19.3 Å². The van der Waals surface area contributed by atoms with E-state index in [-0.39, 0.29) is 42.5 Å². The van der Waals surface area contributed by atoms with E-state index in [1.54, 1.807) is 0 Å². The lowest BCUT2D eigenvalue weighted by molar-refractivity contribution is -0.0184. The Kier molecular flexibility index (Phi) is 3.65. The van der Waals surface area contributed by atoms with Crippen molar-refractivity contribution < 1.29 is 33.3 Å². The fourth-order valence-electron chi connectivity index (χ4n) is 3.08. The molecule has 128 valence electrons. The van der Waals surface area contributed by atoms with Crippen LogP contribution in [0.4, 0.5) is 4.39 Å². The summed E-state index contributed by atoms with van der Waals surface area (Å²) >= 11 is 0. The van der Waals surface area contributed by atoms with E-state index in [2.05, 4.69) is 0 Å². The van der Waals surface area contributed by atoms with Gasteiger partial charge in [-0.1, -0.05) is 0 Å². The predicted octanol–water partition coefficient (Wildman–Crippen LogP) is 3.10. The third kappa shape index (κ3) is 2.72. The molecule has 2 heterocycles. The van der Waals surface area contributed by atoms with Crippen molar-refractivity contribution in [2.75, 3.05) is 6.79 Å². The van der Waals surface area contributed by atoms with E-state index in [1.807, 2.05) is 0 Å². The number of aromatic carboxylic acids is 1. The summed E-state index contributed by atoms with van der Waals surface area (Å²) in [6.07, 6.45) is -0.743. The molecular weight excluding hydrogens is 331 g/mol. The topological polar surface area (TPSA) is 82.1 Å². The first-order valence-corrected chi connectivity index (χ1v) is 7.63. The molecule has 25 heavy (non-hydrogen) atoms. The van der Waals surface area contributed by atoms with Crippen LogP contribution in [0, 0.1) is 5.82 Å². The molecule has 0 bridgehead atoms.